The Hall–Kier alpha value is -1.87. The van der Waals surface area contributed by atoms with Crippen molar-refractivity contribution >= 4 is 5.69 Å². The first-order valence-electron chi connectivity index (χ1n) is 6.06. The lowest BCUT2D eigenvalue weighted by molar-refractivity contribution is 0.628. The van der Waals surface area contributed by atoms with Gasteiger partial charge >= 0.3 is 0 Å². The van der Waals surface area contributed by atoms with Gasteiger partial charge in [0.25, 0.3) is 0 Å². The minimum atomic E-state index is -0.244. The van der Waals surface area contributed by atoms with Gasteiger partial charge < -0.3 is 11.1 Å². The van der Waals surface area contributed by atoms with Crippen molar-refractivity contribution < 1.29 is 4.39 Å². The number of rotatable bonds is 5. The second kappa shape index (κ2) is 6.17. The molecule has 2 aromatic rings. The molecule has 0 radical (unpaired) electrons. The maximum absolute atomic E-state index is 13.6. The molecule has 2 rings (SSSR count). The normalized spacial score (nSPS) is 10.3. The fraction of sp³-hybridized carbons (Fsp3) is 0.200. The van der Waals surface area contributed by atoms with E-state index in [1.807, 2.05) is 24.3 Å². The van der Waals surface area contributed by atoms with Crippen LogP contribution in [0.25, 0.3) is 0 Å². The maximum Gasteiger partial charge on any atom is 0.146 e. The molecule has 3 heteroatoms. The zero-order valence-electron chi connectivity index (χ0n) is 10.2. The fourth-order valence-corrected chi connectivity index (χ4v) is 1.82. The number of nitrogens with one attached hydrogen (secondary N) is 1. The average Bonchev–Trinajstić information content (AvgIpc) is 2.42. The summed E-state index contributed by atoms with van der Waals surface area (Å²) in [4.78, 5) is 0. The van der Waals surface area contributed by atoms with E-state index in [4.69, 9.17) is 5.73 Å². The molecule has 0 atom stereocenters. The van der Waals surface area contributed by atoms with Gasteiger partial charge in [-0.2, -0.15) is 0 Å². The molecule has 2 aromatic carbocycles. The summed E-state index contributed by atoms with van der Waals surface area (Å²) >= 11 is 0. The van der Waals surface area contributed by atoms with Crippen LogP contribution in [0.2, 0.25) is 0 Å². The highest BCUT2D eigenvalue weighted by Gasteiger charge is 2.02. The van der Waals surface area contributed by atoms with Crippen LogP contribution in [0.15, 0.2) is 48.5 Å². The fourth-order valence-electron chi connectivity index (χ4n) is 1.82. The molecule has 0 aliphatic carbocycles. The molecule has 2 nitrogen and oxygen atoms in total. The van der Waals surface area contributed by atoms with Gasteiger partial charge in [-0.3, -0.25) is 0 Å². The number of nitrogens with two attached hydrogens (primary N) is 1. The third kappa shape index (κ3) is 3.31. The minimum absolute atomic E-state index is 0.244. The Balaban J connectivity index is 1.91. The predicted molar refractivity (Wildman–Crippen MR) is 72.9 cm³/mol. The van der Waals surface area contributed by atoms with Crippen molar-refractivity contribution in [2.45, 2.75) is 13.0 Å². The number of halogens is 1. The van der Waals surface area contributed by atoms with E-state index in [0.29, 0.717) is 18.8 Å². The summed E-state index contributed by atoms with van der Waals surface area (Å²) in [6, 6.07) is 15.2. The van der Waals surface area contributed by atoms with Crippen LogP contribution >= 0.6 is 0 Å². The van der Waals surface area contributed by atoms with Crippen molar-refractivity contribution in [2.75, 3.05) is 11.9 Å². The van der Waals surface area contributed by atoms with Gasteiger partial charge in [-0.1, -0.05) is 36.4 Å². The Morgan fingerprint density at radius 2 is 1.78 bits per heavy atom. The first-order chi connectivity index (χ1) is 8.79. The molecule has 0 unspecified atom stereocenters. The largest absolute Gasteiger partial charge is 0.382 e. The van der Waals surface area contributed by atoms with Crippen molar-refractivity contribution in [3.63, 3.8) is 0 Å². The molecule has 0 aliphatic rings. The molecule has 0 amide bonds. The summed E-state index contributed by atoms with van der Waals surface area (Å²) in [6.45, 7) is 1.07. The zero-order valence-corrected chi connectivity index (χ0v) is 10.2. The van der Waals surface area contributed by atoms with Crippen LogP contribution in [-0.4, -0.2) is 6.54 Å². The smallest absolute Gasteiger partial charge is 0.146 e. The molecule has 0 saturated heterocycles. The lowest BCUT2D eigenvalue weighted by atomic mass is 10.1. The highest BCUT2D eigenvalue weighted by Crippen LogP contribution is 2.15. The standard InChI is InChI=1S/C15H17FN2/c16-14-10-13(11-17)6-7-15(14)18-9-8-12-4-2-1-3-5-12/h1-7,10,18H,8-9,11,17H2. The van der Waals surface area contributed by atoms with E-state index in [-0.39, 0.29) is 5.82 Å². The predicted octanol–water partition coefficient (Wildman–Crippen LogP) is 2.94. The Morgan fingerprint density at radius 3 is 2.44 bits per heavy atom. The highest BCUT2D eigenvalue weighted by atomic mass is 19.1. The summed E-state index contributed by atoms with van der Waals surface area (Å²) in [5.74, 6) is -0.244. The van der Waals surface area contributed by atoms with Crippen LogP contribution in [0.3, 0.4) is 0 Å². The quantitative estimate of drug-likeness (QED) is 0.848. The van der Waals surface area contributed by atoms with Crippen molar-refractivity contribution in [3.8, 4) is 0 Å². The van der Waals surface area contributed by atoms with Gasteiger partial charge in [-0.15, -0.1) is 0 Å². The third-order valence-electron chi connectivity index (χ3n) is 2.84. The van der Waals surface area contributed by atoms with E-state index in [1.54, 1.807) is 6.07 Å². The summed E-state index contributed by atoms with van der Waals surface area (Å²) < 4.78 is 13.6. The van der Waals surface area contributed by atoms with Crippen LogP contribution in [-0.2, 0) is 13.0 Å². The summed E-state index contributed by atoms with van der Waals surface area (Å²) in [5, 5.41) is 3.10. The van der Waals surface area contributed by atoms with Gasteiger partial charge in [0.1, 0.15) is 5.82 Å². The van der Waals surface area contributed by atoms with Crippen LogP contribution < -0.4 is 11.1 Å². The van der Waals surface area contributed by atoms with E-state index >= 15 is 0 Å². The van der Waals surface area contributed by atoms with Gasteiger partial charge in [0.2, 0.25) is 0 Å². The lowest BCUT2D eigenvalue weighted by Gasteiger charge is -2.08. The van der Waals surface area contributed by atoms with Crippen molar-refractivity contribution in [3.05, 3.63) is 65.5 Å². The Bertz CT molecular complexity index is 497. The van der Waals surface area contributed by atoms with Gasteiger partial charge in [-0.25, -0.2) is 4.39 Å². The summed E-state index contributed by atoms with van der Waals surface area (Å²) in [7, 11) is 0. The van der Waals surface area contributed by atoms with E-state index in [0.717, 1.165) is 12.0 Å². The van der Waals surface area contributed by atoms with E-state index in [1.165, 1.54) is 11.6 Å². The topological polar surface area (TPSA) is 38.0 Å². The van der Waals surface area contributed by atoms with E-state index < -0.39 is 0 Å². The molecular weight excluding hydrogens is 227 g/mol. The Labute approximate surface area is 107 Å². The van der Waals surface area contributed by atoms with Gasteiger partial charge in [0.05, 0.1) is 5.69 Å². The third-order valence-corrected chi connectivity index (χ3v) is 2.84. The van der Waals surface area contributed by atoms with Gasteiger partial charge in [0, 0.05) is 13.1 Å². The molecule has 3 N–H and O–H groups in total. The van der Waals surface area contributed by atoms with E-state index in [9.17, 15) is 4.39 Å². The van der Waals surface area contributed by atoms with Gasteiger partial charge in [0.15, 0.2) is 0 Å². The molecule has 0 bridgehead atoms. The Morgan fingerprint density at radius 1 is 1.00 bits per heavy atom. The summed E-state index contributed by atoms with van der Waals surface area (Å²) in [6.07, 6.45) is 0.874. The van der Waals surface area contributed by atoms with Crippen LogP contribution in [0.4, 0.5) is 10.1 Å². The first-order valence-corrected chi connectivity index (χ1v) is 6.06. The number of hydrogen-bond acceptors (Lipinski definition) is 2. The molecule has 0 aromatic heterocycles. The van der Waals surface area contributed by atoms with Crippen LogP contribution in [0.5, 0.6) is 0 Å². The second-order valence-corrected chi connectivity index (χ2v) is 4.18. The lowest BCUT2D eigenvalue weighted by Crippen LogP contribution is -2.07. The van der Waals surface area contributed by atoms with Crippen LogP contribution in [0.1, 0.15) is 11.1 Å². The molecule has 0 fully saturated rings. The number of hydrogen-bond donors (Lipinski definition) is 2. The van der Waals surface area contributed by atoms with Crippen LogP contribution in [0, 0.1) is 5.82 Å². The SMILES string of the molecule is NCc1ccc(NCCc2ccccc2)c(F)c1. The average molecular weight is 244 g/mol. The Kier molecular flexibility index (Phi) is 4.31. The summed E-state index contributed by atoms with van der Waals surface area (Å²) in [5.41, 5.74) is 8.03. The van der Waals surface area contributed by atoms with E-state index in [2.05, 4.69) is 17.4 Å². The highest BCUT2D eigenvalue weighted by molar-refractivity contribution is 5.46. The van der Waals surface area contributed by atoms with Crippen molar-refractivity contribution in [2.24, 2.45) is 5.73 Å². The van der Waals surface area contributed by atoms with Crippen molar-refractivity contribution in [1.29, 1.82) is 0 Å². The molecule has 0 heterocycles. The molecule has 0 saturated carbocycles. The number of benzene rings is 2. The van der Waals surface area contributed by atoms with Crippen molar-refractivity contribution in [1.82, 2.24) is 0 Å². The molecule has 18 heavy (non-hydrogen) atoms. The zero-order chi connectivity index (χ0) is 12.8. The molecule has 0 spiro atoms. The second-order valence-electron chi connectivity index (χ2n) is 4.18. The number of anilines is 1. The molecule has 94 valence electrons. The minimum Gasteiger partial charge on any atom is -0.382 e. The van der Waals surface area contributed by atoms with Gasteiger partial charge in [-0.05, 0) is 29.7 Å². The maximum atomic E-state index is 13.6. The molecule has 0 aliphatic heterocycles. The molecular formula is C15H17FN2. The monoisotopic (exact) mass is 244 g/mol. The first kappa shape index (κ1) is 12.6.